The fraction of sp³-hybridized carbons (Fsp3) is 0.308. The Hall–Kier alpha value is -1.32. The highest BCUT2D eigenvalue weighted by Crippen LogP contribution is 2.19. The molecule has 1 aromatic carbocycles. The van der Waals surface area contributed by atoms with E-state index >= 15 is 0 Å². The molecule has 0 spiro atoms. The molecule has 2 aromatic rings. The molecule has 0 saturated heterocycles. The lowest BCUT2D eigenvalue weighted by Gasteiger charge is -2.08. The van der Waals surface area contributed by atoms with E-state index in [1.165, 1.54) is 0 Å². The predicted molar refractivity (Wildman–Crippen MR) is 70.6 cm³/mol. The van der Waals surface area contributed by atoms with Crippen LogP contribution in [-0.2, 0) is 6.54 Å². The molecule has 90 valence electrons. The summed E-state index contributed by atoms with van der Waals surface area (Å²) in [6.07, 6.45) is 4.79. The zero-order valence-corrected chi connectivity index (χ0v) is 10.6. The molecule has 1 heterocycles. The number of rotatable bonds is 5. The van der Waals surface area contributed by atoms with Crippen molar-refractivity contribution in [1.29, 1.82) is 0 Å². The number of hydrogen-bond acceptors (Lipinski definition) is 2. The molecule has 2 rings (SSSR count). The van der Waals surface area contributed by atoms with Crippen LogP contribution in [0.3, 0.4) is 0 Å². The summed E-state index contributed by atoms with van der Waals surface area (Å²) in [6, 6.07) is 7.91. The molecule has 0 aliphatic heterocycles. The Morgan fingerprint density at radius 3 is 2.94 bits per heavy atom. The van der Waals surface area contributed by atoms with Gasteiger partial charge in [-0.3, -0.25) is 0 Å². The molecule has 0 bridgehead atoms. The van der Waals surface area contributed by atoms with E-state index in [2.05, 4.69) is 17.3 Å². The molecule has 4 heteroatoms. The lowest BCUT2D eigenvalue weighted by atomic mass is 10.2. The molecule has 0 unspecified atom stereocenters. The Kier molecular flexibility index (Phi) is 4.18. The topological polar surface area (TPSA) is 29.9 Å². The van der Waals surface area contributed by atoms with E-state index in [0.29, 0.717) is 0 Å². The molecule has 0 radical (unpaired) electrons. The van der Waals surface area contributed by atoms with Crippen molar-refractivity contribution in [2.75, 3.05) is 6.54 Å². The van der Waals surface area contributed by atoms with Crippen molar-refractivity contribution in [3.8, 4) is 5.69 Å². The van der Waals surface area contributed by atoms with Crippen LogP contribution in [0.4, 0.5) is 0 Å². The molecule has 1 aromatic heterocycles. The Balaban J connectivity index is 2.12. The number of aromatic nitrogens is 2. The summed E-state index contributed by atoms with van der Waals surface area (Å²) in [6.45, 7) is 3.97. The summed E-state index contributed by atoms with van der Waals surface area (Å²) in [4.78, 5) is 0. The first-order valence-corrected chi connectivity index (χ1v) is 6.18. The lowest BCUT2D eigenvalue weighted by molar-refractivity contribution is 0.675. The van der Waals surface area contributed by atoms with E-state index in [1.807, 2.05) is 30.5 Å². The van der Waals surface area contributed by atoms with Gasteiger partial charge in [0.25, 0.3) is 0 Å². The average Bonchev–Trinajstić information content (AvgIpc) is 2.85. The SMILES string of the molecule is CCCNCc1ccc(-n2cccn2)cc1Cl. The second kappa shape index (κ2) is 5.84. The van der Waals surface area contributed by atoms with Gasteiger partial charge in [0.1, 0.15) is 0 Å². The number of hydrogen-bond donors (Lipinski definition) is 1. The monoisotopic (exact) mass is 249 g/mol. The smallest absolute Gasteiger partial charge is 0.0660 e. The molecule has 0 saturated carbocycles. The van der Waals surface area contributed by atoms with Crippen LogP contribution in [0, 0.1) is 0 Å². The number of nitrogens with zero attached hydrogens (tertiary/aromatic N) is 2. The van der Waals surface area contributed by atoms with Crippen LogP contribution in [-0.4, -0.2) is 16.3 Å². The Morgan fingerprint density at radius 1 is 1.41 bits per heavy atom. The zero-order chi connectivity index (χ0) is 12.1. The van der Waals surface area contributed by atoms with E-state index in [0.717, 1.165) is 35.8 Å². The lowest BCUT2D eigenvalue weighted by Crippen LogP contribution is -2.14. The van der Waals surface area contributed by atoms with Gasteiger partial charge in [0.2, 0.25) is 0 Å². The third-order valence-corrected chi connectivity index (χ3v) is 2.90. The third kappa shape index (κ3) is 3.08. The van der Waals surface area contributed by atoms with Crippen LogP contribution in [0.1, 0.15) is 18.9 Å². The first-order chi connectivity index (χ1) is 8.31. The standard InChI is InChI=1S/C13H16ClN3/c1-2-6-15-10-11-4-5-12(9-13(11)14)17-8-3-7-16-17/h3-5,7-9,15H,2,6,10H2,1H3. The summed E-state index contributed by atoms with van der Waals surface area (Å²) in [7, 11) is 0. The highest BCUT2D eigenvalue weighted by Gasteiger charge is 2.03. The second-order valence-corrected chi connectivity index (χ2v) is 4.31. The first kappa shape index (κ1) is 12.1. The Labute approximate surface area is 106 Å². The maximum atomic E-state index is 6.24. The van der Waals surface area contributed by atoms with Gasteiger partial charge < -0.3 is 5.32 Å². The Morgan fingerprint density at radius 2 is 2.29 bits per heavy atom. The quantitative estimate of drug-likeness (QED) is 0.826. The van der Waals surface area contributed by atoms with Crippen LogP contribution in [0.15, 0.2) is 36.7 Å². The van der Waals surface area contributed by atoms with Gasteiger partial charge in [0.05, 0.1) is 5.69 Å². The summed E-state index contributed by atoms with van der Waals surface area (Å²) in [5.74, 6) is 0. The van der Waals surface area contributed by atoms with Gasteiger partial charge in [0, 0.05) is 24.0 Å². The van der Waals surface area contributed by atoms with Crippen LogP contribution < -0.4 is 5.32 Å². The number of nitrogens with one attached hydrogen (secondary N) is 1. The van der Waals surface area contributed by atoms with Crippen molar-refractivity contribution in [3.63, 3.8) is 0 Å². The highest BCUT2D eigenvalue weighted by atomic mass is 35.5. The van der Waals surface area contributed by atoms with E-state index in [1.54, 1.807) is 10.9 Å². The highest BCUT2D eigenvalue weighted by molar-refractivity contribution is 6.31. The fourth-order valence-electron chi connectivity index (χ4n) is 1.64. The van der Waals surface area contributed by atoms with Crippen LogP contribution >= 0.6 is 11.6 Å². The van der Waals surface area contributed by atoms with Crippen molar-refractivity contribution in [2.24, 2.45) is 0 Å². The van der Waals surface area contributed by atoms with E-state index in [-0.39, 0.29) is 0 Å². The summed E-state index contributed by atoms with van der Waals surface area (Å²) in [5.41, 5.74) is 2.11. The van der Waals surface area contributed by atoms with Gasteiger partial charge >= 0.3 is 0 Å². The van der Waals surface area contributed by atoms with Gasteiger partial charge in [-0.15, -0.1) is 0 Å². The summed E-state index contributed by atoms with van der Waals surface area (Å²) in [5, 5.41) is 8.29. The third-order valence-electron chi connectivity index (χ3n) is 2.55. The van der Waals surface area contributed by atoms with Gasteiger partial charge in [-0.1, -0.05) is 24.6 Å². The first-order valence-electron chi connectivity index (χ1n) is 5.80. The molecular formula is C13H16ClN3. The number of halogens is 1. The molecule has 0 fully saturated rings. The normalized spacial score (nSPS) is 10.7. The predicted octanol–water partition coefficient (Wildman–Crippen LogP) is 3.03. The maximum Gasteiger partial charge on any atom is 0.0660 e. The molecule has 1 N–H and O–H groups in total. The molecular weight excluding hydrogens is 234 g/mol. The maximum absolute atomic E-state index is 6.24. The minimum atomic E-state index is 0.779. The van der Waals surface area contributed by atoms with Crippen LogP contribution in [0.5, 0.6) is 0 Å². The molecule has 0 amide bonds. The average molecular weight is 250 g/mol. The van der Waals surface area contributed by atoms with Crippen LogP contribution in [0.2, 0.25) is 5.02 Å². The summed E-state index contributed by atoms with van der Waals surface area (Å²) >= 11 is 6.24. The van der Waals surface area contributed by atoms with Gasteiger partial charge in [0.15, 0.2) is 0 Å². The minimum Gasteiger partial charge on any atom is -0.313 e. The number of benzene rings is 1. The van der Waals surface area contributed by atoms with E-state index in [9.17, 15) is 0 Å². The summed E-state index contributed by atoms with van der Waals surface area (Å²) < 4.78 is 1.80. The fourth-order valence-corrected chi connectivity index (χ4v) is 1.89. The molecule has 0 atom stereocenters. The minimum absolute atomic E-state index is 0.779. The Bertz CT molecular complexity index is 466. The largest absolute Gasteiger partial charge is 0.313 e. The van der Waals surface area contributed by atoms with E-state index < -0.39 is 0 Å². The molecule has 3 nitrogen and oxygen atoms in total. The van der Waals surface area contributed by atoms with Crippen molar-refractivity contribution in [1.82, 2.24) is 15.1 Å². The zero-order valence-electron chi connectivity index (χ0n) is 9.86. The molecule has 0 aliphatic rings. The van der Waals surface area contributed by atoms with Gasteiger partial charge in [-0.25, -0.2) is 4.68 Å². The van der Waals surface area contributed by atoms with Crippen LogP contribution in [0.25, 0.3) is 5.69 Å². The molecule has 17 heavy (non-hydrogen) atoms. The van der Waals surface area contributed by atoms with Crippen molar-refractivity contribution in [3.05, 3.63) is 47.2 Å². The van der Waals surface area contributed by atoms with Crippen molar-refractivity contribution < 1.29 is 0 Å². The van der Waals surface area contributed by atoms with Gasteiger partial charge in [-0.2, -0.15) is 5.10 Å². The second-order valence-electron chi connectivity index (χ2n) is 3.90. The van der Waals surface area contributed by atoms with Crippen molar-refractivity contribution >= 4 is 11.6 Å². The molecule has 0 aliphatic carbocycles. The van der Waals surface area contributed by atoms with Gasteiger partial charge in [-0.05, 0) is 36.7 Å². The van der Waals surface area contributed by atoms with Crippen molar-refractivity contribution in [2.45, 2.75) is 19.9 Å². The van der Waals surface area contributed by atoms with E-state index in [4.69, 9.17) is 11.6 Å².